The van der Waals surface area contributed by atoms with Crippen molar-refractivity contribution < 1.29 is 4.74 Å². The van der Waals surface area contributed by atoms with Crippen LogP contribution in [0.3, 0.4) is 0 Å². The first-order chi connectivity index (χ1) is 13.4. The van der Waals surface area contributed by atoms with Crippen LogP contribution in [0.5, 0.6) is 0 Å². The van der Waals surface area contributed by atoms with Crippen LogP contribution in [0.4, 0.5) is 0 Å². The molecule has 4 aromatic carbocycles. The Balaban J connectivity index is 1.33. The van der Waals surface area contributed by atoms with Gasteiger partial charge >= 0.3 is 0 Å². The molecule has 0 aromatic heterocycles. The molecule has 0 bridgehead atoms. The van der Waals surface area contributed by atoms with Gasteiger partial charge in [-0.25, -0.2) is 0 Å². The van der Waals surface area contributed by atoms with Crippen LogP contribution in [-0.2, 0) is 4.74 Å². The number of ether oxygens (including phenoxy) is 1. The van der Waals surface area contributed by atoms with Crippen molar-refractivity contribution in [2.45, 2.75) is 0 Å². The molecule has 1 nitrogen and oxygen atoms in total. The summed E-state index contributed by atoms with van der Waals surface area (Å²) in [5, 5.41) is 5.07. The van der Waals surface area contributed by atoms with Crippen LogP contribution < -0.4 is 0 Å². The zero-order valence-electron chi connectivity index (χ0n) is 15.2. The molecule has 0 amide bonds. The van der Waals surface area contributed by atoms with Crippen molar-refractivity contribution in [1.82, 2.24) is 0 Å². The third kappa shape index (κ3) is 4.16. The molecule has 0 aliphatic carbocycles. The number of benzene rings is 4. The summed E-state index contributed by atoms with van der Waals surface area (Å²) < 4.78 is 5.73. The lowest BCUT2D eigenvalue weighted by Crippen LogP contribution is -1.90. The summed E-state index contributed by atoms with van der Waals surface area (Å²) in [6, 6.07) is 29.6. The average Bonchev–Trinajstić information content (AvgIpc) is 2.73. The van der Waals surface area contributed by atoms with Gasteiger partial charge in [0.1, 0.15) is 0 Å². The predicted molar refractivity (Wildman–Crippen MR) is 117 cm³/mol. The zero-order valence-corrected chi connectivity index (χ0v) is 15.2. The van der Waals surface area contributed by atoms with Crippen LogP contribution in [0.1, 0.15) is 11.1 Å². The maximum atomic E-state index is 5.73. The Hall–Kier alpha value is -3.16. The molecule has 0 saturated heterocycles. The molecule has 4 rings (SSSR count). The van der Waals surface area contributed by atoms with E-state index in [-0.39, 0.29) is 0 Å². The fourth-order valence-corrected chi connectivity index (χ4v) is 3.35. The molecule has 0 atom stereocenters. The lowest BCUT2D eigenvalue weighted by Gasteiger charge is -2.02. The second-order valence-electron chi connectivity index (χ2n) is 6.48. The summed E-state index contributed by atoms with van der Waals surface area (Å²) in [5.74, 6) is 0. The second-order valence-corrected chi connectivity index (χ2v) is 6.48. The molecular formula is C26H22O. The van der Waals surface area contributed by atoms with Gasteiger partial charge in [0.2, 0.25) is 0 Å². The van der Waals surface area contributed by atoms with Gasteiger partial charge in [-0.2, -0.15) is 0 Å². The standard InChI is InChI=1S/C26H22O/c1-3-17-25-21(9-1)11-5-13-23(25)15-7-19-27-20-8-16-24-14-6-12-22-10-2-4-18-26(22)24/h1-18H,19-20H2. The van der Waals surface area contributed by atoms with E-state index < -0.39 is 0 Å². The van der Waals surface area contributed by atoms with E-state index in [9.17, 15) is 0 Å². The van der Waals surface area contributed by atoms with Crippen LogP contribution in [0, 0.1) is 0 Å². The SMILES string of the molecule is C(=Cc1cccc2ccccc12)COCC=Cc1cccc2ccccc12. The Morgan fingerprint density at radius 3 is 1.48 bits per heavy atom. The van der Waals surface area contributed by atoms with E-state index in [2.05, 4.69) is 109 Å². The van der Waals surface area contributed by atoms with E-state index in [0.29, 0.717) is 13.2 Å². The van der Waals surface area contributed by atoms with Gasteiger partial charge in [-0.15, -0.1) is 0 Å². The minimum absolute atomic E-state index is 0.600. The topological polar surface area (TPSA) is 9.23 Å². The van der Waals surface area contributed by atoms with E-state index in [1.807, 2.05) is 0 Å². The minimum Gasteiger partial charge on any atom is -0.373 e. The molecule has 0 fully saturated rings. The smallest absolute Gasteiger partial charge is 0.0655 e. The molecule has 0 radical (unpaired) electrons. The maximum Gasteiger partial charge on any atom is 0.0655 e. The van der Waals surface area contributed by atoms with Crippen LogP contribution in [0.2, 0.25) is 0 Å². The maximum absolute atomic E-state index is 5.73. The first-order valence-electron chi connectivity index (χ1n) is 9.28. The van der Waals surface area contributed by atoms with Gasteiger partial charge in [-0.1, -0.05) is 109 Å². The van der Waals surface area contributed by atoms with Gasteiger partial charge < -0.3 is 4.74 Å². The summed E-state index contributed by atoms with van der Waals surface area (Å²) in [4.78, 5) is 0. The Morgan fingerprint density at radius 1 is 0.519 bits per heavy atom. The first kappa shape index (κ1) is 17.3. The molecule has 4 aromatic rings. The Kier molecular flexibility index (Phi) is 5.42. The van der Waals surface area contributed by atoms with E-state index in [4.69, 9.17) is 4.74 Å². The van der Waals surface area contributed by atoms with E-state index in [1.165, 1.54) is 32.7 Å². The van der Waals surface area contributed by atoms with Crippen molar-refractivity contribution in [3.05, 3.63) is 108 Å². The van der Waals surface area contributed by atoms with Gasteiger partial charge in [0, 0.05) is 0 Å². The lowest BCUT2D eigenvalue weighted by molar-refractivity contribution is 0.195. The molecule has 0 saturated carbocycles. The van der Waals surface area contributed by atoms with Crippen LogP contribution in [-0.4, -0.2) is 13.2 Å². The first-order valence-corrected chi connectivity index (χ1v) is 9.28. The lowest BCUT2D eigenvalue weighted by atomic mass is 10.0. The van der Waals surface area contributed by atoms with Crippen molar-refractivity contribution >= 4 is 33.7 Å². The zero-order chi connectivity index (χ0) is 18.3. The molecule has 0 aliphatic rings. The van der Waals surface area contributed by atoms with Gasteiger partial charge in [0.25, 0.3) is 0 Å². The molecule has 132 valence electrons. The molecule has 0 heterocycles. The van der Waals surface area contributed by atoms with Crippen molar-refractivity contribution in [1.29, 1.82) is 0 Å². The minimum atomic E-state index is 0.600. The summed E-state index contributed by atoms with van der Waals surface area (Å²) in [6.07, 6.45) is 8.43. The third-order valence-corrected chi connectivity index (χ3v) is 4.67. The van der Waals surface area contributed by atoms with E-state index >= 15 is 0 Å². The van der Waals surface area contributed by atoms with Gasteiger partial charge in [-0.05, 0) is 32.7 Å². The predicted octanol–water partition coefficient (Wildman–Crippen LogP) is 6.74. The molecule has 0 N–H and O–H groups in total. The number of hydrogen-bond acceptors (Lipinski definition) is 1. The fourth-order valence-electron chi connectivity index (χ4n) is 3.35. The average molecular weight is 350 g/mol. The Bertz CT molecular complexity index is 1010. The Morgan fingerprint density at radius 2 is 0.963 bits per heavy atom. The van der Waals surface area contributed by atoms with Crippen LogP contribution in [0.15, 0.2) is 97.1 Å². The van der Waals surface area contributed by atoms with Gasteiger partial charge in [-0.3, -0.25) is 0 Å². The highest BCUT2D eigenvalue weighted by atomic mass is 16.5. The third-order valence-electron chi connectivity index (χ3n) is 4.67. The molecule has 0 unspecified atom stereocenters. The highest BCUT2D eigenvalue weighted by molar-refractivity contribution is 5.91. The molecule has 27 heavy (non-hydrogen) atoms. The van der Waals surface area contributed by atoms with Gasteiger partial charge in [0.15, 0.2) is 0 Å². The monoisotopic (exact) mass is 350 g/mol. The summed E-state index contributed by atoms with van der Waals surface area (Å²) >= 11 is 0. The Labute approximate surface area is 160 Å². The molecule has 0 aliphatic heterocycles. The summed E-state index contributed by atoms with van der Waals surface area (Å²) in [7, 11) is 0. The van der Waals surface area contributed by atoms with Crippen molar-refractivity contribution in [2.24, 2.45) is 0 Å². The van der Waals surface area contributed by atoms with Crippen molar-refractivity contribution in [3.63, 3.8) is 0 Å². The van der Waals surface area contributed by atoms with E-state index in [1.54, 1.807) is 0 Å². The van der Waals surface area contributed by atoms with Crippen molar-refractivity contribution in [3.8, 4) is 0 Å². The van der Waals surface area contributed by atoms with E-state index in [0.717, 1.165) is 0 Å². The second kappa shape index (κ2) is 8.48. The quantitative estimate of drug-likeness (QED) is 0.350. The van der Waals surface area contributed by atoms with Gasteiger partial charge in [0.05, 0.1) is 13.2 Å². The summed E-state index contributed by atoms with van der Waals surface area (Å²) in [6.45, 7) is 1.20. The number of hydrogen-bond donors (Lipinski definition) is 0. The van der Waals surface area contributed by atoms with Crippen LogP contribution in [0.25, 0.3) is 33.7 Å². The van der Waals surface area contributed by atoms with Crippen molar-refractivity contribution in [2.75, 3.05) is 13.2 Å². The number of rotatable bonds is 6. The highest BCUT2D eigenvalue weighted by Gasteiger charge is 1.97. The highest BCUT2D eigenvalue weighted by Crippen LogP contribution is 2.20. The molecular weight excluding hydrogens is 328 g/mol. The fraction of sp³-hybridized carbons (Fsp3) is 0.0769. The number of fused-ring (bicyclic) bond motifs is 2. The normalized spacial score (nSPS) is 11.9. The molecule has 0 spiro atoms. The summed E-state index contributed by atoms with van der Waals surface area (Å²) in [5.41, 5.74) is 2.45. The largest absolute Gasteiger partial charge is 0.373 e. The molecule has 1 heteroatoms. The van der Waals surface area contributed by atoms with Crippen LogP contribution >= 0.6 is 0 Å².